The van der Waals surface area contributed by atoms with Crippen LogP contribution in [0.25, 0.3) is 11.3 Å². The monoisotopic (exact) mass is 292 g/mol. The number of carbonyl (C=O) groups excluding carboxylic acids is 1. The number of halogens is 1. The van der Waals surface area contributed by atoms with Gasteiger partial charge >= 0.3 is 0 Å². The zero-order valence-corrected chi connectivity index (χ0v) is 11.3. The first-order chi connectivity index (χ1) is 9.69. The number of anilines is 1. The van der Waals surface area contributed by atoms with Crippen LogP contribution in [0.1, 0.15) is 6.42 Å². The fourth-order valence-electron chi connectivity index (χ4n) is 1.44. The van der Waals surface area contributed by atoms with Gasteiger partial charge in [0.05, 0.1) is 11.9 Å². The smallest absolute Gasteiger partial charge is 0.262 e. The van der Waals surface area contributed by atoms with E-state index in [1.807, 2.05) is 12.1 Å². The second-order valence-corrected chi connectivity index (χ2v) is 4.32. The van der Waals surface area contributed by atoms with E-state index in [4.69, 9.17) is 17.3 Å². The van der Waals surface area contributed by atoms with Crippen LogP contribution in [0, 0.1) is 0 Å². The molecule has 4 N–H and O–H groups in total. The molecular weight excluding hydrogens is 280 g/mol. The number of aromatic nitrogens is 3. The zero-order chi connectivity index (χ0) is 14.4. The van der Waals surface area contributed by atoms with Crippen molar-refractivity contribution in [2.75, 3.05) is 12.0 Å². The average Bonchev–Trinajstić information content (AvgIpc) is 2.47. The molecule has 0 aliphatic rings. The molecule has 2 rings (SSSR count). The Labute approximate surface area is 120 Å². The quantitative estimate of drug-likeness (QED) is 0.710. The first-order valence-electron chi connectivity index (χ1n) is 5.89. The van der Waals surface area contributed by atoms with Crippen molar-refractivity contribution in [3.8, 4) is 11.3 Å². The Hall–Kier alpha value is -2.25. The third kappa shape index (κ3) is 3.87. The maximum Gasteiger partial charge on any atom is 0.262 e. The maximum absolute atomic E-state index is 11.3. The second-order valence-electron chi connectivity index (χ2n) is 3.88. The molecule has 0 radical (unpaired) electrons. The summed E-state index contributed by atoms with van der Waals surface area (Å²) in [6.07, 6.45) is 1.74. The summed E-state index contributed by atoms with van der Waals surface area (Å²) in [7, 11) is 0. The summed E-state index contributed by atoms with van der Waals surface area (Å²) in [5.41, 5.74) is 11.8. The van der Waals surface area contributed by atoms with Crippen LogP contribution in [0.15, 0.2) is 30.5 Å². The van der Waals surface area contributed by atoms with Crippen molar-refractivity contribution in [1.29, 1.82) is 0 Å². The predicted octanol–water partition coefficient (Wildman–Crippen LogP) is 0.984. The fourth-order valence-corrected chi connectivity index (χ4v) is 1.56. The average molecular weight is 293 g/mol. The number of amides is 1. The van der Waals surface area contributed by atoms with Crippen LogP contribution in [0.2, 0.25) is 5.02 Å². The highest BCUT2D eigenvalue weighted by Gasteiger charge is 2.04. The topological polar surface area (TPSA) is 106 Å². The molecule has 8 heteroatoms. The standard InChI is InChI=1S/C12H13ClN6O/c13-9-3-1-8(2-4-9)10-7-15-18-12(16-10)19-17-11(20)5-6-14/h1-4,7H,5-6,14H2,(H,17,20)(H,16,18,19). The van der Waals surface area contributed by atoms with Crippen molar-refractivity contribution in [3.05, 3.63) is 35.5 Å². The van der Waals surface area contributed by atoms with Crippen molar-refractivity contribution in [2.24, 2.45) is 5.73 Å². The largest absolute Gasteiger partial charge is 0.330 e. The highest BCUT2D eigenvalue weighted by atomic mass is 35.5. The lowest BCUT2D eigenvalue weighted by Crippen LogP contribution is -2.31. The normalized spacial score (nSPS) is 10.1. The van der Waals surface area contributed by atoms with Crippen LogP contribution < -0.4 is 16.6 Å². The molecule has 2 aromatic rings. The predicted molar refractivity (Wildman–Crippen MR) is 75.7 cm³/mol. The molecule has 1 aromatic heterocycles. The molecule has 0 aliphatic heterocycles. The van der Waals surface area contributed by atoms with Gasteiger partial charge in [-0.2, -0.15) is 5.10 Å². The van der Waals surface area contributed by atoms with E-state index < -0.39 is 0 Å². The Balaban J connectivity index is 2.08. The molecule has 0 atom stereocenters. The lowest BCUT2D eigenvalue weighted by Gasteiger charge is -2.07. The highest BCUT2D eigenvalue weighted by molar-refractivity contribution is 6.30. The van der Waals surface area contributed by atoms with E-state index >= 15 is 0 Å². The van der Waals surface area contributed by atoms with E-state index in [2.05, 4.69) is 26.0 Å². The number of hydrazine groups is 1. The Kier molecular flexibility index (Phi) is 4.80. The van der Waals surface area contributed by atoms with E-state index in [0.29, 0.717) is 10.7 Å². The highest BCUT2D eigenvalue weighted by Crippen LogP contribution is 2.19. The molecule has 1 amide bonds. The lowest BCUT2D eigenvalue weighted by atomic mass is 10.2. The van der Waals surface area contributed by atoms with Crippen molar-refractivity contribution in [2.45, 2.75) is 6.42 Å². The van der Waals surface area contributed by atoms with Crippen molar-refractivity contribution < 1.29 is 4.79 Å². The van der Waals surface area contributed by atoms with Gasteiger partial charge in [-0.15, -0.1) is 5.10 Å². The molecule has 0 fully saturated rings. The van der Waals surface area contributed by atoms with Gasteiger partial charge in [0.2, 0.25) is 5.91 Å². The van der Waals surface area contributed by atoms with Gasteiger partial charge in [0.25, 0.3) is 5.95 Å². The molecule has 20 heavy (non-hydrogen) atoms. The van der Waals surface area contributed by atoms with Gasteiger partial charge in [-0.05, 0) is 12.1 Å². The molecule has 0 saturated heterocycles. The number of benzene rings is 1. The second kappa shape index (κ2) is 6.78. The van der Waals surface area contributed by atoms with Crippen LogP contribution in [0.3, 0.4) is 0 Å². The van der Waals surface area contributed by atoms with Gasteiger partial charge in [0.15, 0.2) is 0 Å². The zero-order valence-electron chi connectivity index (χ0n) is 10.5. The van der Waals surface area contributed by atoms with Gasteiger partial charge in [0, 0.05) is 23.6 Å². The molecule has 0 saturated carbocycles. The van der Waals surface area contributed by atoms with Gasteiger partial charge in [-0.3, -0.25) is 15.6 Å². The summed E-state index contributed by atoms with van der Waals surface area (Å²) < 4.78 is 0. The van der Waals surface area contributed by atoms with E-state index in [-0.39, 0.29) is 24.8 Å². The minimum absolute atomic E-state index is 0.197. The Morgan fingerprint density at radius 1 is 1.30 bits per heavy atom. The van der Waals surface area contributed by atoms with Crippen molar-refractivity contribution in [3.63, 3.8) is 0 Å². The number of carbonyl (C=O) groups is 1. The molecule has 1 aromatic carbocycles. The fraction of sp³-hybridized carbons (Fsp3) is 0.167. The van der Waals surface area contributed by atoms with Gasteiger partial charge < -0.3 is 5.73 Å². The summed E-state index contributed by atoms with van der Waals surface area (Å²) in [6.45, 7) is 0.275. The SMILES string of the molecule is NCCC(=O)NNc1nncc(-c2ccc(Cl)cc2)n1. The number of nitrogens with two attached hydrogens (primary N) is 1. The third-order valence-corrected chi connectivity index (χ3v) is 2.64. The molecule has 0 bridgehead atoms. The van der Waals surface area contributed by atoms with Crippen LogP contribution in [0.4, 0.5) is 5.95 Å². The molecule has 0 unspecified atom stereocenters. The summed E-state index contributed by atoms with van der Waals surface area (Å²) in [5, 5.41) is 8.24. The van der Waals surface area contributed by atoms with E-state index in [1.165, 1.54) is 6.20 Å². The summed E-state index contributed by atoms with van der Waals surface area (Å²) in [4.78, 5) is 15.5. The molecule has 0 spiro atoms. The van der Waals surface area contributed by atoms with Gasteiger partial charge in [-0.1, -0.05) is 23.7 Å². The maximum atomic E-state index is 11.3. The molecule has 1 heterocycles. The molecule has 7 nitrogen and oxygen atoms in total. The Morgan fingerprint density at radius 3 is 2.75 bits per heavy atom. The minimum Gasteiger partial charge on any atom is -0.330 e. The number of rotatable bonds is 5. The van der Waals surface area contributed by atoms with Gasteiger partial charge in [0.1, 0.15) is 0 Å². The van der Waals surface area contributed by atoms with E-state index in [0.717, 1.165) is 5.56 Å². The number of nitrogens with one attached hydrogen (secondary N) is 2. The van der Waals surface area contributed by atoms with Gasteiger partial charge in [-0.25, -0.2) is 4.98 Å². The first-order valence-corrected chi connectivity index (χ1v) is 6.27. The minimum atomic E-state index is -0.243. The van der Waals surface area contributed by atoms with E-state index in [9.17, 15) is 4.79 Å². The third-order valence-electron chi connectivity index (χ3n) is 2.38. The van der Waals surface area contributed by atoms with Crippen LogP contribution in [0.5, 0.6) is 0 Å². The lowest BCUT2D eigenvalue weighted by molar-refractivity contribution is -0.120. The number of hydrogen-bond acceptors (Lipinski definition) is 6. The molecular formula is C12H13ClN6O. The summed E-state index contributed by atoms with van der Waals surface area (Å²) >= 11 is 5.83. The number of nitrogens with zero attached hydrogens (tertiary/aromatic N) is 3. The number of hydrogen-bond donors (Lipinski definition) is 3. The summed E-state index contributed by atoms with van der Waals surface area (Å²) in [6, 6.07) is 7.16. The van der Waals surface area contributed by atoms with Crippen molar-refractivity contribution in [1.82, 2.24) is 20.6 Å². The van der Waals surface area contributed by atoms with Crippen LogP contribution in [-0.2, 0) is 4.79 Å². The molecule has 104 valence electrons. The molecule has 0 aliphatic carbocycles. The summed E-state index contributed by atoms with van der Waals surface area (Å²) in [5.74, 6) is -0.0455. The first kappa shape index (κ1) is 14.2. The Bertz CT molecular complexity index is 589. The van der Waals surface area contributed by atoms with Crippen LogP contribution in [-0.4, -0.2) is 27.6 Å². The Morgan fingerprint density at radius 2 is 2.05 bits per heavy atom. The van der Waals surface area contributed by atoms with E-state index in [1.54, 1.807) is 12.1 Å². The van der Waals surface area contributed by atoms with Crippen LogP contribution >= 0.6 is 11.6 Å². The van der Waals surface area contributed by atoms with Crippen molar-refractivity contribution >= 4 is 23.5 Å².